The van der Waals surface area contributed by atoms with Gasteiger partial charge in [0.15, 0.2) is 0 Å². The van der Waals surface area contributed by atoms with Gasteiger partial charge < -0.3 is 15.1 Å². The number of aliphatic hydroxyl groups is 1. The van der Waals surface area contributed by atoms with Crippen LogP contribution in [-0.4, -0.2) is 34.8 Å². The number of hydrogen-bond acceptors (Lipinski definition) is 5. The highest BCUT2D eigenvalue weighted by atomic mass is 16.7. The minimum atomic E-state index is -0.755. The fourth-order valence-corrected chi connectivity index (χ4v) is 2.26. The highest BCUT2D eigenvalue weighted by Crippen LogP contribution is 2.08. The van der Waals surface area contributed by atoms with Gasteiger partial charge in [-0.05, 0) is 25.7 Å². The van der Waals surface area contributed by atoms with Crippen molar-refractivity contribution in [3.05, 3.63) is 0 Å². The Bertz CT molecular complexity index is 309. The lowest BCUT2D eigenvalue weighted by Crippen LogP contribution is -2.24. The van der Waals surface area contributed by atoms with E-state index in [2.05, 4.69) is 12.4 Å². The molecule has 23 heavy (non-hydrogen) atoms. The summed E-state index contributed by atoms with van der Waals surface area (Å²) >= 11 is 0. The minimum Gasteiger partial charge on any atom is -0.481 e. The highest BCUT2D eigenvalue weighted by molar-refractivity contribution is 5.68. The first-order chi connectivity index (χ1) is 11.1. The molecule has 0 aromatic rings. The summed E-state index contributed by atoms with van der Waals surface area (Å²) in [5.74, 6) is -1.04. The molecule has 3 N–H and O–H groups in total. The molecule has 1 atom stereocenters. The van der Waals surface area contributed by atoms with Gasteiger partial charge in [-0.15, -0.1) is 0 Å². The molecule has 0 saturated heterocycles. The number of unbranched alkanes of at least 4 members (excludes halogenated alkanes) is 6. The van der Waals surface area contributed by atoms with Crippen LogP contribution >= 0.6 is 0 Å². The van der Waals surface area contributed by atoms with Gasteiger partial charge in [0.2, 0.25) is 0 Å². The lowest BCUT2D eigenvalue weighted by atomic mass is 10.1. The normalized spacial score (nSPS) is 12.1. The molecule has 0 rings (SSSR count). The third-order valence-corrected chi connectivity index (χ3v) is 3.68. The van der Waals surface area contributed by atoms with E-state index < -0.39 is 5.97 Å². The van der Waals surface area contributed by atoms with E-state index in [9.17, 15) is 14.7 Å². The molecule has 6 nitrogen and oxygen atoms in total. The Morgan fingerprint density at radius 1 is 0.957 bits per heavy atom. The van der Waals surface area contributed by atoms with E-state index in [4.69, 9.17) is 9.94 Å². The van der Waals surface area contributed by atoms with Gasteiger partial charge in [-0.25, -0.2) is 0 Å². The molecule has 0 amide bonds. The van der Waals surface area contributed by atoms with Crippen molar-refractivity contribution < 1.29 is 24.6 Å². The van der Waals surface area contributed by atoms with E-state index in [1.807, 2.05) is 0 Å². The number of carboxylic acids is 1. The van der Waals surface area contributed by atoms with Gasteiger partial charge in [-0.1, -0.05) is 45.4 Å². The maximum Gasteiger partial charge on any atom is 0.324 e. The van der Waals surface area contributed by atoms with Crippen LogP contribution in [0.5, 0.6) is 0 Å². The van der Waals surface area contributed by atoms with Crippen LogP contribution in [0.25, 0.3) is 0 Å². The fourth-order valence-electron chi connectivity index (χ4n) is 2.26. The standard InChI is InChI=1S/C17H33NO5/c1-2-3-7-10-15(19)13-14-18-23-17(22)12-9-6-4-5-8-11-16(20)21/h15,18-19H,2-14H2,1H3,(H,20,21). The number of carbonyl (C=O) groups excluding carboxylic acids is 1. The van der Waals surface area contributed by atoms with Crippen molar-refractivity contribution in [1.29, 1.82) is 0 Å². The zero-order valence-electron chi connectivity index (χ0n) is 14.4. The van der Waals surface area contributed by atoms with Crippen molar-refractivity contribution in [2.45, 2.75) is 90.1 Å². The van der Waals surface area contributed by atoms with Gasteiger partial charge in [-0.2, -0.15) is 5.48 Å². The Labute approximate surface area is 139 Å². The summed E-state index contributed by atoms with van der Waals surface area (Å²) < 4.78 is 0. The first-order valence-electron chi connectivity index (χ1n) is 8.88. The molecule has 0 aliphatic heterocycles. The van der Waals surface area contributed by atoms with Gasteiger partial charge in [0.25, 0.3) is 0 Å². The predicted octanol–water partition coefficient (Wildman–Crippen LogP) is 3.18. The molecule has 136 valence electrons. The van der Waals surface area contributed by atoms with Crippen molar-refractivity contribution in [3.63, 3.8) is 0 Å². The Morgan fingerprint density at radius 3 is 2.26 bits per heavy atom. The van der Waals surface area contributed by atoms with Crippen molar-refractivity contribution >= 4 is 11.9 Å². The summed E-state index contributed by atoms with van der Waals surface area (Å²) in [6.45, 7) is 2.59. The van der Waals surface area contributed by atoms with E-state index in [0.717, 1.165) is 51.4 Å². The SMILES string of the molecule is CCCCCC(O)CCNOC(=O)CCCCCCCC(=O)O. The number of hydroxylamine groups is 1. The van der Waals surface area contributed by atoms with Crippen molar-refractivity contribution in [2.24, 2.45) is 0 Å². The van der Waals surface area contributed by atoms with Crippen LogP contribution in [0.3, 0.4) is 0 Å². The molecule has 0 aromatic carbocycles. The summed E-state index contributed by atoms with van der Waals surface area (Å²) in [5, 5.41) is 18.2. The van der Waals surface area contributed by atoms with Crippen LogP contribution in [0, 0.1) is 0 Å². The first-order valence-corrected chi connectivity index (χ1v) is 8.88. The second kappa shape index (κ2) is 15.7. The molecule has 0 saturated carbocycles. The van der Waals surface area contributed by atoms with Crippen LogP contribution in [0.15, 0.2) is 0 Å². The van der Waals surface area contributed by atoms with Gasteiger partial charge in [0, 0.05) is 19.4 Å². The van der Waals surface area contributed by atoms with Crippen LogP contribution < -0.4 is 5.48 Å². The molecule has 1 unspecified atom stereocenters. The molecule has 0 spiro atoms. The number of aliphatic carboxylic acids is 1. The largest absolute Gasteiger partial charge is 0.481 e. The van der Waals surface area contributed by atoms with Crippen LogP contribution in [-0.2, 0) is 14.4 Å². The maximum atomic E-state index is 11.5. The molecular formula is C17H33NO5. The maximum absolute atomic E-state index is 11.5. The van der Waals surface area contributed by atoms with Crippen molar-refractivity contribution in [3.8, 4) is 0 Å². The number of aliphatic hydroxyl groups excluding tert-OH is 1. The Kier molecular flexibility index (Phi) is 15.0. The summed E-state index contributed by atoms with van der Waals surface area (Å²) in [4.78, 5) is 26.7. The van der Waals surface area contributed by atoms with Crippen LogP contribution in [0.1, 0.15) is 84.0 Å². The fraction of sp³-hybridized carbons (Fsp3) is 0.882. The number of nitrogens with one attached hydrogen (secondary N) is 1. The third-order valence-electron chi connectivity index (χ3n) is 3.68. The quantitative estimate of drug-likeness (QED) is 0.297. The Hall–Kier alpha value is -1.14. The second-order valence-corrected chi connectivity index (χ2v) is 5.97. The van der Waals surface area contributed by atoms with Gasteiger partial charge in [-0.3, -0.25) is 9.59 Å². The molecular weight excluding hydrogens is 298 g/mol. The molecule has 6 heteroatoms. The first kappa shape index (κ1) is 21.9. The molecule has 0 heterocycles. The van der Waals surface area contributed by atoms with E-state index in [1.165, 1.54) is 0 Å². The highest BCUT2D eigenvalue weighted by Gasteiger charge is 2.06. The molecule has 0 aromatic heterocycles. The predicted molar refractivity (Wildman–Crippen MR) is 88.8 cm³/mol. The van der Waals surface area contributed by atoms with E-state index in [-0.39, 0.29) is 18.5 Å². The number of carboxylic acid groups (broad SMARTS) is 1. The lowest BCUT2D eigenvalue weighted by Gasteiger charge is -2.10. The minimum absolute atomic E-state index is 0.219. The van der Waals surface area contributed by atoms with Crippen molar-refractivity contribution in [2.75, 3.05) is 6.54 Å². The molecule has 0 radical (unpaired) electrons. The monoisotopic (exact) mass is 331 g/mol. The zero-order chi connectivity index (χ0) is 17.3. The summed E-state index contributed by atoms with van der Waals surface area (Å²) in [5.41, 5.74) is 2.61. The molecule has 0 aliphatic rings. The topological polar surface area (TPSA) is 95.9 Å². The smallest absolute Gasteiger partial charge is 0.324 e. The number of rotatable bonds is 16. The summed E-state index contributed by atoms with van der Waals surface area (Å²) in [7, 11) is 0. The van der Waals surface area contributed by atoms with Crippen LogP contribution in [0.2, 0.25) is 0 Å². The summed E-state index contributed by atoms with van der Waals surface area (Å²) in [6.07, 6.45) is 9.13. The average molecular weight is 331 g/mol. The molecule has 0 aliphatic carbocycles. The van der Waals surface area contributed by atoms with E-state index in [0.29, 0.717) is 25.8 Å². The van der Waals surface area contributed by atoms with Crippen LogP contribution in [0.4, 0.5) is 0 Å². The van der Waals surface area contributed by atoms with Crippen molar-refractivity contribution in [1.82, 2.24) is 5.48 Å². The Balaban J connectivity index is 3.32. The Morgan fingerprint density at radius 2 is 1.61 bits per heavy atom. The van der Waals surface area contributed by atoms with Gasteiger partial charge in [0.05, 0.1) is 6.10 Å². The van der Waals surface area contributed by atoms with Gasteiger partial charge in [0.1, 0.15) is 0 Å². The molecule has 0 fully saturated rings. The van der Waals surface area contributed by atoms with E-state index in [1.54, 1.807) is 0 Å². The van der Waals surface area contributed by atoms with E-state index >= 15 is 0 Å². The lowest BCUT2D eigenvalue weighted by molar-refractivity contribution is -0.151. The number of carbonyl (C=O) groups is 2. The second-order valence-electron chi connectivity index (χ2n) is 5.97. The zero-order valence-corrected chi connectivity index (χ0v) is 14.4. The average Bonchev–Trinajstić information content (AvgIpc) is 2.50. The molecule has 0 bridgehead atoms. The number of hydrogen-bond donors (Lipinski definition) is 3. The summed E-state index contributed by atoms with van der Waals surface area (Å²) in [6, 6.07) is 0. The third kappa shape index (κ3) is 17.1. The van der Waals surface area contributed by atoms with Gasteiger partial charge >= 0.3 is 11.9 Å².